The van der Waals surface area contributed by atoms with Gasteiger partial charge in [0.25, 0.3) is 5.91 Å². The number of nitrogens with zero attached hydrogens (tertiary/aromatic N) is 7. The van der Waals surface area contributed by atoms with E-state index in [1.165, 1.54) is 17.3 Å². The molecule has 5 rings (SSSR count). The van der Waals surface area contributed by atoms with Crippen molar-refractivity contribution in [3.8, 4) is 11.6 Å². The average Bonchev–Trinajstić information content (AvgIpc) is 3.54. The summed E-state index contributed by atoms with van der Waals surface area (Å²) in [7, 11) is 0. The summed E-state index contributed by atoms with van der Waals surface area (Å²) in [5, 5.41) is 20.3. The highest BCUT2D eigenvalue weighted by molar-refractivity contribution is 6.30. The molecule has 38 heavy (non-hydrogen) atoms. The van der Waals surface area contributed by atoms with Crippen molar-refractivity contribution in [1.82, 2.24) is 35.6 Å². The molecule has 0 spiro atoms. The fourth-order valence-corrected chi connectivity index (χ4v) is 4.33. The third kappa shape index (κ3) is 6.15. The van der Waals surface area contributed by atoms with Gasteiger partial charge in [-0.2, -0.15) is 9.78 Å². The number of nitrogen functional groups attached to an aromatic ring is 1. The number of hydrogen-bond donors (Lipinski definition) is 2. The van der Waals surface area contributed by atoms with Gasteiger partial charge in [-0.15, -0.1) is 5.10 Å². The molecule has 0 radical (unpaired) electrons. The second kappa shape index (κ2) is 11.8. The maximum absolute atomic E-state index is 13.0. The Kier molecular flexibility index (Phi) is 7.90. The van der Waals surface area contributed by atoms with Gasteiger partial charge in [-0.25, -0.2) is 10.1 Å². The number of rotatable bonds is 9. The number of ether oxygens (including phenoxy) is 1. The van der Waals surface area contributed by atoms with Crippen molar-refractivity contribution in [2.75, 3.05) is 18.8 Å². The van der Waals surface area contributed by atoms with E-state index in [0.29, 0.717) is 29.6 Å². The number of carbonyl (C=O) groups excluding carboxylic acids is 1. The standard InChI is InChI=1S/C25H26ClN9O3/c26-19-6-4-5-18(13-19)16-37-20-9-7-17(8-10-20)14-28-30-25(36)22-21(15-34-11-2-1-3-12-34)35(33-29-22)24-23(27)31-38-32-24/h4-10,13-14H,1-3,11-12,15-16H2,(H2,27,31)(H,30,36)/b28-14+. The van der Waals surface area contributed by atoms with Gasteiger partial charge in [-0.05, 0) is 83.8 Å². The van der Waals surface area contributed by atoms with Crippen molar-refractivity contribution < 1.29 is 14.2 Å². The molecule has 4 aromatic rings. The Morgan fingerprint density at radius 1 is 1.16 bits per heavy atom. The molecule has 1 amide bonds. The monoisotopic (exact) mass is 535 g/mol. The Balaban J connectivity index is 1.23. The van der Waals surface area contributed by atoms with Gasteiger partial charge in [0, 0.05) is 11.6 Å². The fourth-order valence-electron chi connectivity index (χ4n) is 4.12. The zero-order valence-corrected chi connectivity index (χ0v) is 21.2. The third-order valence-corrected chi connectivity index (χ3v) is 6.29. The van der Waals surface area contributed by atoms with Crippen LogP contribution in [-0.4, -0.2) is 55.4 Å². The summed E-state index contributed by atoms with van der Waals surface area (Å²) in [6, 6.07) is 14.8. The van der Waals surface area contributed by atoms with Crippen LogP contribution < -0.4 is 15.9 Å². The van der Waals surface area contributed by atoms with Gasteiger partial charge in [-0.3, -0.25) is 9.69 Å². The van der Waals surface area contributed by atoms with Crippen molar-refractivity contribution in [3.05, 3.63) is 76.1 Å². The number of carbonyl (C=O) groups is 1. The van der Waals surface area contributed by atoms with Crippen LogP contribution in [0.2, 0.25) is 5.02 Å². The molecular weight excluding hydrogens is 510 g/mol. The van der Waals surface area contributed by atoms with Crippen molar-refractivity contribution in [2.24, 2.45) is 5.10 Å². The molecule has 12 nitrogen and oxygen atoms in total. The molecule has 196 valence electrons. The molecule has 0 saturated carbocycles. The molecule has 13 heteroatoms. The van der Waals surface area contributed by atoms with E-state index in [0.717, 1.165) is 37.1 Å². The summed E-state index contributed by atoms with van der Waals surface area (Å²) in [5.74, 6) is 0.437. The third-order valence-electron chi connectivity index (χ3n) is 6.05. The summed E-state index contributed by atoms with van der Waals surface area (Å²) >= 11 is 6.02. The van der Waals surface area contributed by atoms with Crippen LogP contribution in [0.1, 0.15) is 46.6 Å². The second-order valence-electron chi connectivity index (χ2n) is 8.79. The number of piperidine rings is 1. The normalized spacial score (nSPS) is 14.1. The highest BCUT2D eigenvalue weighted by Gasteiger charge is 2.26. The predicted molar refractivity (Wildman–Crippen MR) is 140 cm³/mol. The van der Waals surface area contributed by atoms with Crippen LogP contribution in [0.4, 0.5) is 5.82 Å². The van der Waals surface area contributed by atoms with Crippen molar-refractivity contribution in [3.63, 3.8) is 0 Å². The SMILES string of the molecule is Nc1nonc1-n1nnc(C(=O)N/N=C/c2ccc(OCc3cccc(Cl)c3)cc2)c1CN1CCCCC1. The number of nitrogens with two attached hydrogens (primary N) is 1. The average molecular weight is 536 g/mol. The minimum absolute atomic E-state index is 0.0553. The molecule has 0 aliphatic carbocycles. The molecule has 2 aromatic carbocycles. The van der Waals surface area contributed by atoms with Gasteiger partial charge in [0.1, 0.15) is 12.4 Å². The van der Waals surface area contributed by atoms with E-state index in [1.807, 2.05) is 48.5 Å². The number of hydrogen-bond acceptors (Lipinski definition) is 10. The molecule has 0 atom stereocenters. The quantitative estimate of drug-likeness (QED) is 0.243. The Morgan fingerprint density at radius 3 is 2.71 bits per heavy atom. The summed E-state index contributed by atoms with van der Waals surface area (Å²) in [5.41, 5.74) is 10.8. The molecule has 0 unspecified atom stereocenters. The van der Waals surface area contributed by atoms with E-state index < -0.39 is 5.91 Å². The second-order valence-corrected chi connectivity index (χ2v) is 9.23. The molecule has 2 aromatic heterocycles. The number of amides is 1. The first kappa shape index (κ1) is 25.4. The maximum atomic E-state index is 13.0. The van der Waals surface area contributed by atoms with Crippen LogP contribution in [-0.2, 0) is 13.2 Å². The summed E-state index contributed by atoms with van der Waals surface area (Å²) in [4.78, 5) is 15.2. The fraction of sp³-hybridized carbons (Fsp3) is 0.280. The molecule has 1 aliphatic heterocycles. The molecule has 3 N–H and O–H groups in total. The van der Waals surface area contributed by atoms with Crippen LogP contribution in [0.25, 0.3) is 5.82 Å². The zero-order valence-electron chi connectivity index (χ0n) is 20.5. The van der Waals surface area contributed by atoms with Crippen LogP contribution in [0.5, 0.6) is 5.75 Å². The lowest BCUT2D eigenvalue weighted by atomic mass is 10.1. The minimum Gasteiger partial charge on any atom is -0.489 e. The lowest BCUT2D eigenvalue weighted by molar-refractivity contribution is 0.0947. The lowest BCUT2D eigenvalue weighted by Gasteiger charge is -2.26. The highest BCUT2D eigenvalue weighted by atomic mass is 35.5. The molecule has 1 saturated heterocycles. The van der Waals surface area contributed by atoms with Crippen molar-refractivity contribution in [2.45, 2.75) is 32.4 Å². The zero-order chi connectivity index (χ0) is 26.3. The van der Waals surface area contributed by atoms with Crippen molar-refractivity contribution >= 4 is 29.5 Å². The van der Waals surface area contributed by atoms with E-state index in [9.17, 15) is 4.79 Å². The lowest BCUT2D eigenvalue weighted by Crippen LogP contribution is -2.31. The van der Waals surface area contributed by atoms with E-state index in [-0.39, 0.29) is 17.3 Å². The highest BCUT2D eigenvalue weighted by Crippen LogP contribution is 2.20. The Labute approximate surface area is 223 Å². The number of hydrazone groups is 1. The smallest absolute Gasteiger partial charge is 0.293 e. The van der Waals surface area contributed by atoms with E-state index in [2.05, 4.69) is 36.1 Å². The number of anilines is 1. The largest absolute Gasteiger partial charge is 0.489 e. The topological polar surface area (TPSA) is 150 Å². The first-order chi connectivity index (χ1) is 18.6. The predicted octanol–water partition coefficient (Wildman–Crippen LogP) is 3.21. The van der Waals surface area contributed by atoms with Gasteiger partial charge >= 0.3 is 0 Å². The number of likely N-dealkylation sites (tertiary alicyclic amines) is 1. The Hall–Kier alpha value is -4.29. The van der Waals surface area contributed by atoms with Crippen LogP contribution in [0.3, 0.4) is 0 Å². The first-order valence-corrected chi connectivity index (χ1v) is 12.5. The van der Waals surface area contributed by atoms with E-state index in [4.69, 9.17) is 26.7 Å². The number of aromatic nitrogens is 5. The van der Waals surface area contributed by atoms with Crippen LogP contribution >= 0.6 is 11.6 Å². The number of nitrogens with one attached hydrogen (secondary N) is 1. The number of halogens is 1. The molecule has 3 heterocycles. The maximum Gasteiger partial charge on any atom is 0.293 e. The molecular formula is C25H26ClN9O3. The molecule has 0 bridgehead atoms. The van der Waals surface area contributed by atoms with E-state index >= 15 is 0 Å². The van der Waals surface area contributed by atoms with Crippen molar-refractivity contribution in [1.29, 1.82) is 0 Å². The van der Waals surface area contributed by atoms with Gasteiger partial charge in [-0.1, -0.05) is 35.4 Å². The molecule has 1 aliphatic rings. The first-order valence-electron chi connectivity index (χ1n) is 12.1. The van der Waals surface area contributed by atoms with E-state index in [1.54, 1.807) is 0 Å². The van der Waals surface area contributed by atoms with Gasteiger partial charge in [0.05, 0.1) is 11.9 Å². The summed E-state index contributed by atoms with van der Waals surface area (Å²) < 4.78 is 11.9. The van der Waals surface area contributed by atoms with Crippen LogP contribution in [0, 0.1) is 0 Å². The minimum atomic E-state index is -0.504. The van der Waals surface area contributed by atoms with Gasteiger partial charge < -0.3 is 10.5 Å². The molecule has 1 fully saturated rings. The Bertz CT molecular complexity index is 1410. The van der Waals surface area contributed by atoms with Crippen LogP contribution in [0.15, 0.2) is 58.3 Å². The Morgan fingerprint density at radius 2 is 1.97 bits per heavy atom. The van der Waals surface area contributed by atoms with Gasteiger partial charge in [0.15, 0.2) is 5.69 Å². The number of benzene rings is 2. The van der Waals surface area contributed by atoms with Gasteiger partial charge in [0.2, 0.25) is 11.6 Å². The summed E-state index contributed by atoms with van der Waals surface area (Å²) in [6.07, 6.45) is 4.90. The summed E-state index contributed by atoms with van der Waals surface area (Å²) in [6.45, 7) is 2.68.